The first kappa shape index (κ1) is 25.3. The van der Waals surface area contributed by atoms with Gasteiger partial charge in [-0.05, 0) is 32.4 Å². The molecule has 3 atom stereocenters. The number of hydrogen-bond donors (Lipinski definition) is 0. The summed E-state index contributed by atoms with van der Waals surface area (Å²) < 4.78 is 36.7. The second kappa shape index (κ2) is 8.62. The number of aromatic nitrogens is 3. The minimum atomic E-state index is -3.78. The zero-order valence-electron chi connectivity index (χ0n) is 21.3. The first-order valence-corrected chi connectivity index (χ1v) is 14.0. The molecule has 0 spiro atoms. The fourth-order valence-corrected chi connectivity index (χ4v) is 7.28. The SMILES string of the molecule is C[C@@H]1CN(c2ncnc3c2C(C)(C)CN3c2cc(C#N)ccn2)[C@@H](C)CN1C(=O)[C@]1(CF)CCS1(=O)=O. The Balaban J connectivity index is 1.47. The molecule has 0 radical (unpaired) electrons. The topological polar surface area (TPSA) is 123 Å². The predicted octanol–water partition coefficient (Wildman–Crippen LogP) is 2.12. The Bertz CT molecular complexity index is 1410. The molecule has 2 saturated heterocycles. The third-order valence-electron chi connectivity index (χ3n) is 7.94. The quantitative estimate of drug-likeness (QED) is 0.588. The Morgan fingerprint density at radius 2 is 1.92 bits per heavy atom. The Hall–Kier alpha value is -3.33. The number of pyridine rings is 1. The van der Waals surface area contributed by atoms with Crippen molar-refractivity contribution < 1.29 is 17.6 Å². The molecule has 0 unspecified atom stereocenters. The maximum Gasteiger partial charge on any atom is 0.247 e. The Morgan fingerprint density at radius 3 is 2.54 bits per heavy atom. The van der Waals surface area contributed by atoms with Gasteiger partial charge < -0.3 is 14.7 Å². The molecule has 37 heavy (non-hydrogen) atoms. The van der Waals surface area contributed by atoms with Gasteiger partial charge in [0.1, 0.15) is 30.5 Å². The summed E-state index contributed by atoms with van der Waals surface area (Å²) in [5.74, 6) is 1.30. The van der Waals surface area contributed by atoms with Gasteiger partial charge >= 0.3 is 0 Å². The number of anilines is 3. The van der Waals surface area contributed by atoms with Crippen LogP contribution in [0.2, 0.25) is 0 Å². The van der Waals surface area contributed by atoms with Gasteiger partial charge in [-0.3, -0.25) is 4.79 Å². The molecular weight excluding hydrogens is 497 g/mol. The van der Waals surface area contributed by atoms with Crippen LogP contribution < -0.4 is 9.80 Å². The molecule has 0 aliphatic carbocycles. The summed E-state index contributed by atoms with van der Waals surface area (Å²) in [7, 11) is -3.78. The molecular formula is C25H30FN7O3S. The number of carbonyl (C=O) groups excluding carboxylic acids is 1. The molecule has 10 nitrogen and oxygen atoms in total. The molecule has 0 aromatic carbocycles. The van der Waals surface area contributed by atoms with E-state index in [0.717, 1.165) is 11.4 Å². The summed E-state index contributed by atoms with van der Waals surface area (Å²) in [6, 6.07) is 5.00. The van der Waals surface area contributed by atoms with Crippen molar-refractivity contribution in [1.29, 1.82) is 5.26 Å². The summed E-state index contributed by atoms with van der Waals surface area (Å²) in [4.78, 5) is 32.7. The number of halogens is 1. The first-order valence-electron chi connectivity index (χ1n) is 12.3. The third-order valence-corrected chi connectivity index (χ3v) is 10.4. The van der Waals surface area contributed by atoms with Gasteiger partial charge in [0, 0.05) is 48.9 Å². The maximum absolute atomic E-state index is 13.9. The Kier molecular flexibility index (Phi) is 5.90. The van der Waals surface area contributed by atoms with E-state index in [9.17, 15) is 22.9 Å². The van der Waals surface area contributed by atoms with Gasteiger partial charge in [-0.15, -0.1) is 0 Å². The van der Waals surface area contributed by atoms with E-state index in [1.807, 2.05) is 18.7 Å². The van der Waals surface area contributed by atoms with Crippen LogP contribution in [0.1, 0.15) is 45.2 Å². The zero-order chi connectivity index (χ0) is 26.8. The van der Waals surface area contributed by atoms with Crippen LogP contribution in [0.25, 0.3) is 0 Å². The largest absolute Gasteiger partial charge is 0.350 e. The fraction of sp³-hybridized carbons (Fsp3) is 0.560. The second-order valence-electron chi connectivity index (χ2n) is 10.9. The van der Waals surface area contributed by atoms with Gasteiger partial charge in [0.25, 0.3) is 0 Å². The van der Waals surface area contributed by atoms with Crippen LogP contribution in [0.4, 0.5) is 21.8 Å². The van der Waals surface area contributed by atoms with Crippen molar-refractivity contribution in [2.45, 2.75) is 56.4 Å². The van der Waals surface area contributed by atoms with Gasteiger partial charge in [0.05, 0.1) is 17.4 Å². The normalized spacial score (nSPS) is 27.8. The van der Waals surface area contributed by atoms with Crippen LogP contribution in [-0.4, -0.2) is 83.1 Å². The molecule has 3 aliphatic heterocycles. The smallest absolute Gasteiger partial charge is 0.247 e. The molecule has 2 fully saturated rings. The Labute approximate surface area is 216 Å². The molecule has 3 aliphatic rings. The lowest BCUT2D eigenvalue weighted by atomic mass is 9.87. The number of rotatable bonds is 4. The minimum Gasteiger partial charge on any atom is -0.350 e. The van der Waals surface area contributed by atoms with Gasteiger partial charge in [0.2, 0.25) is 5.91 Å². The molecule has 12 heteroatoms. The van der Waals surface area contributed by atoms with Crippen molar-refractivity contribution in [2.75, 3.05) is 41.9 Å². The van der Waals surface area contributed by atoms with Crippen molar-refractivity contribution in [2.24, 2.45) is 0 Å². The second-order valence-corrected chi connectivity index (χ2v) is 13.3. The predicted molar refractivity (Wildman–Crippen MR) is 136 cm³/mol. The molecule has 196 valence electrons. The van der Waals surface area contributed by atoms with Crippen LogP contribution in [-0.2, 0) is 20.0 Å². The highest BCUT2D eigenvalue weighted by Gasteiger charge is 2.60. The van der Waals surface area contributed by atoms with Gasteiger partial charge in [-0.2, -0.15) is 5.26 Å². The van der Waals surface area contributed by atoms with E-state index in [4.69, 9.17) is 0 Å². The van der Waals surface area contributed by atoms with Crippen molar-refractivity contribution >= 4 is 33.2 Å². The monoisotopic (exact) mass is 527 g/mol. The number of fused-ring (bicyclic) bond motifs is 1. The standard InChI is InChI=1S/C25H30FN7O3S/c1-16-12-32(23(34)25(13-26)6-8-37(25,35)36)17(2)11-31(16)21-20-22(30-15-29-21)33(14-24(20,3)4)19-9-18(10-27)5-7-28-19/h5,7,9,15-17H,6,8,11-14H2,1-4H3/t16-,17+,25+/m0/s1. The molecule has 0 saturated carbocycles. The molecule has 5 heterocycles. The van der Waals surface area contributed by atoms with Crippen molar-refractivity contribution in [3.05, 3.63) is 35.8 Å². The van der Waals surface area contributed by atoms with E-state index in [2.05, 4.69) is 39.8 Å². The molecule has 2 aromatic heterocycles. The summed E-state index contributed by atoms with van der Waals surface area (Å²) in [5.41, 5.74) is 1.11. The average Bonchev–Trinajstić information content (AvgIpc) is 3.16. The Morgan fingerprint density at radius 1 is 1.19 bits per heavy atom. The summed E-state index contributed by atoms with van der Waals surface area (Å²) in [6.07, 6.45) is 3.13. The highest BCUT2D eigenvalue weighted by Crippen LogP contribution is 2.47. The average molecular weight is 528 g/mol. The highest BCUT2D eigenvalue weighted by molar-refractivity contribution is 7.95. The number of nitriles is 1. The van der Waals surface area contributed by atoms with E-state index in [1.54, 1.807) is 18.3 Å². The minimum absolute atomic E-state index is 0.0243. The van der Waals surface area contributed by atoms with E-state index in [1.165, 1.54) is 11.2 Å². The summed E-state index contributed by atoms with van der Waals surface area (Å²) >= 11 is 0. The molecule has 1 amide bonds. The lowest BCUT2D eigenvalue weighted by molar-refractivity contribution is -0.138. The number of amides is 1. The number of carbonyl (C=O) groups is 1. The first-order chi connectivity index (χ1) is 17.5. The van der Waals surface area contributed by atoms with Gasteiger partial charge in [0.15, 0.2) is 14.6 Å². The highest BCUT2D eigenvalue weighted by atomic mass is 32.2. The maximum atomic E-state index is 13.9. The van der Waals surface area contributed by atoms with Crippen molar-refractivity contribution in [3.8, 4) is 6.07 Å². The van der Waals surface area contributed by atoms with E-state index < -0.39 is 27.2 Å². The van der Waals surface area contributed by atoms with Crippen LogP contribution in [0, 0.1) is 11.3 Å². The van der Waals surface area contributed by atoms with Crippen molar-refractivity contribution in [3.63, 3.8) is 0 Å². The molecule has 5 rings (SSSR count). The van der Waals surface area contributed by atoms with Crippen LogP contribution in [0.15, 0.2) is 24.7 Å². The molecule has 0 bridgehead atoms. The molecule has 0 N–H and O–H groups in total. The van der Waals surface area contributed by atoms with Crippen LogP contribution in [0.5, 0.6) is 0 Å². The fourth-order valence-electron chi connectivity index (χ4n) is 5.70. The van der Waals surface area contributed by atoms with E-state index >= 15 is 0 Å². The van der Waals surface area contributed by atoms with Gasteiger partial charge in [-0.25, -0.2) is 27.8 Å². The van der Waals surface area contributed by atoms with E-state index in [0.29, 0.717) is 30.3 Å². The summed E-state index contributed by atoms with van der Waals surface area (Å²) in [6.45, 7) is 8.08. The zero-order valence-corrected chi connectivity index (χ0v) is 22.2. The third kappa shape index (κ3) is 3.74. The number of piperazine rings is 1. The number of hydrogen-bond acceptors (Lipinski definition) is 9. The van der Waals surface area contributed by atoms with Crippen LogP contribution >= 0.6 is 0 Å². The van der Waals surface area contributed by atoms with E-state index in [-0.39, 0.29) is 36.2 Å². The van der Waals surface area contributed by atoms with Gasteiger partial charge in [-0.1, -0.05) is 13.8 Å². The lowest BCUT2D eigenvalue weighted by Gasteiger charge is -2.49. The van der Waals surface area contributed by atoms with Crippen LogP contribution in [0.3, 0.4) is 0 Å². The van der Waals surface area contributed by atoms with Crippen molar-refractivity contribution in [1.82, 2.24) is 19.9 Å². The lowest BCUT2D eigenvalue weighted by Crippen LogP contribution is -2.68. The number of nitrogens with zero attached hydrogens (tertiary/aromatic N) is 7. The number of sulfone groups is 1. The number of alkyl halides is 1. The summed E-state index contributed by atoms with van der Waals surface area (Å²) in [5, 5.41) is 9.34. The molecule has 2 aromatic rings.